The minimum Gasteiger partial charge on any atom is -0.356 e. The minimum absolute atomic E-state index is 0.123. The largest absolute Gasteiger partial charge is 0.356 e. The van der Waals surface area contributed by atoms with E-state index in [2.05, 4.69) is 19.2 Å². The summed E-state index contributed by atoms with van der Waals surface area (Å²) >= 11 is 0. The van der Waals surface area contributed by atoms with Crippen LogP contribution in [0.15, 0.2) is 0 Å². The molecule has 0 aromatic carbocycles. The molecule has 1 fully saturated rings. The quantitative estimate of drug-likeness (QED) is 0.652. The van der Waals surface area contributed by atoms with Crippen molar-refractivity contribution in [3.05, 3.63) is 0 Å². The van der Waals surface area contributed by atoms with Crippen LogP contribution < -0.4 is 5.32 Å². The van der Waals surface area contributed by atoms with Crippen LogP contribution in [-0.2, 0) is 9.59 Å². The highest BCUT2D eigenvalue weighted by atomic mass is 16.2. The lowest BCUT2D eigenvalue weighted by molar-refractivity contribution is -0.139. The topological polar surface area (TPSA) is 49.4 Å². The third-order valence-corrected chi connectivity index (χ3v) is 4.43. The molecule has 1 saturated carbocycles. The van der Waals surface area contributed by atoms with E-state index in [1.807, 2.05) is 11.8 Å². The molecule has 1 aliphatic rings. The maximum absolute atomic E-state index is 12.2. The lowest BCUT2D eigenvalue weighted by atomic mass is 9.67. The van der Waals surface area contributed by atoms with Crippen LogP contribution in [0.2, 0.25) is 0 Å². The van der Waals surface area contributed by atoms with E-state index in [0.29, 0.717) is 19.0 Å². The number of hydrogen-bond acceptors (Lipinski definition) is 2. The molecule has 0 aromatic heterocycles. The predicted octanol–water partition coefficient (Wildman–Crippen LogP) is 2.19. The molecule has 4 heteroatoms. The first-order chi connectivity index (χ1) is 9.11. The van der Waals surface area contributed by atoms with Gasteiger partial charge in [0.1, 0.15) is 0 Å². The molecule has 1 N–H and O–H groups in total. The van der Waals surface area contributed by atoms with Crippen molar-refractivity contribution in [1.29, 1.82) is 0 Å². The van der Waals surface area contributed by atoms with Gasteiger partial charge < -0.3 is 10.2 Å². The molecular formula is C15H28N2O2. The van der Waals surface area contributed by atoms with Crippen molar-refractivity contribution in [2.45, 2.75) is 52.9 Å². The summed E-state index contributed by atoms with van der Waals surface area (Å²) in [6, 6.07) is 0. The zero-order valence-electron chi connectivity index (χ0n) is 12.6. The van der Waals surface area contributed by atoms with E-state index < -0.39 is 0 Å². The number of hydrogen-bond donors (Lipinski definition) is 1. The van der Waals surface area contributed by atoms with E-state index in [9.17, 15) is 9.59 Å². The lowest BCUT2D eigenvalue weighted by Gasteiger charge is -2.43. The SMILES string of the molecule is CCNC(=O)C1(CN(C=O)CC(CC)CC)CCC1. The standard InChI is InChI=1S/C15H28N2O2/c1-4-13(5-2)10-17(12-18)11-15(8-7-9-15)14(19)16-6-3/h12-13H,4-11H2,1-3H3,(H,16,19). The van der Waals surface area contributed by atoms with Crippen molar-refractivity contribution in [3.63, 3.8) is 0 Å². The summed E-state index contributed by atoms with van der Waals surface area (Å²) in [6.07, 6.45) is 5.98. The average molecular weight is 268 g/mol. The van der Waals surface area contributed by atoms with Gasteiger partial charge in [0.2, 0.25) is 12.3 Å². The van der Waals surface area contributed by atoms with Gasteiger partial charge in [0, 0.05) is 19.6 Å². The van der Waals surface area contributed by atoms with Crippen LogP contribution in [0, 0.1) is 11.3 Å². The van der Waals surface area contributed by atoms with Crippen LogP contribution >= 0.6 is 0 Å². The Morgan fingerprint density at radius 3 is 2.32 bits per heavy atom. The van der Waals surface area contributed by atoms with Crippen molar-refractivity contribution in [2.24, 2.45) is 11.3 Å². The first-order valence-electron chi connectivity index (χ1n) is 7.59. The molecule has 0 spiro atoms. The van der Waals surface area contributed by atoms with Crippen molar-refractivity contribution < 1.29 is 9.59 Å². The van der Waals surface area contributed by atoms with Crippen molar-refractivity contribution in [2.75, 3.05) is 19.6 Å². The number of amides is 2. The Morgan fingerprint density at radius 2 is 1.95 bits per heavy atom. The first-order valence-corrected chi connectivity index (χ1v) is 7.59. The molecule has 0 heterocycles. The van der Waals surface area contributed by atoms with Crippen LogP contribution in [0.4, 0.5) is 0 Å². The van der Waals surface area contributed by atoms with Gasteiger partial charge in [0.15, 0.2) is 0 Å². The van der Waals surface area contributed by atoms with Crippen molar-refractivity contribution in [3.8, 4) is 0 Å². The van der Waals surface area contributed by atoms with E-state index in [4.69, 9.17) is 0 Å². The van der Waals surface area contributed by atoms with E-state index in [1.165, 1.54) is 0 Å². The van der Waals surface area contributed by atoms with Crippen molar-refractivity contribution >= 4 is 12.3 Å². The zero-order valence-corrected chi connectivity index (χ0v) is 12.6. The van der Waals surface area contributed by atoms with Gasteiger partial charge in [0.05, 0.1) is 5.41 Å². The summed E-state index contributed by atoms with van der Waals surface area (Å²) in [5.41, 5.74) is -0.317. The van der Waals surface area contributed by atoms with E-state index in [-0.39, 0.29) is 11.3 Å². The van der Waals surface area contributed by atoms with Gasteiger partial charge in [0.25, 0.3) is 0 Å². The number of rotatable bonds is 9. The Labute approximate surface area is 116 Å². The number of carbonyl (C=O) groups excluding carboxylic acids is 2. The monoisotopic (exact) mass is 268 g/mol. The fourth-order valence-corrected chi connectivity index (χ4v) is 2.82. The normalized spacial score (nSPS) is 16.8. The zero-order chi connectivity index (χ0) is 14.3. The average Bonchev–Trinajstić information content (AvgIpc) is 2.37. The highest BCUT2D eigenvalue weighted by Crippen LogP contribution is 2.41. The fraction of sp³-hybridized carbons (Fsp3) is 0.867. The second-order valence-corrected chi connectivity index (χ2v) is 5.71. The summed E-state index contributed by atoms with van der Waals surface area (Å²) in [6.45, 7) is 8.26. The molecular weight excluding hydrogens is 240 g/mol. The van der Waals surface area contributed by atoms with Crippen LogP contribution in [0.25, 0.3) is 0 Å². The smallest absolute Gasteiger partial charge is 0.228 e. The van der Waals surface area contributed by atoms with Gasteiger partial charge in [-0.05, 0) is 25.7 Å². The molecule has 0 radical (unpaired) electrons. The Kier molecular flexibility index (Phi) is 6.32. The summed E-state index contributed by atoms with van der Waals surface area (Å²) < 4.78 is 0. The Balaban J connectivity index is 2.61. The lowest BCUT2D eigenvalue weighted by Crippen LogP contribution is -2.52. The van der Waals surface area contributed by atoms with Gasteiger partial charge in [-0.1, -0.05) is 33.1 Å². The highest BCUT2D eigenvalue weighted by Gasteiger charge is 2.45. The molecule has 2 amide bonds. The molecule has 0 saturated heterocycles. The van der Waals surface area contributed by atoms with Crippen LogP contribution in [0.3, 0.4) is 0 Å². The van der Waals surface area contributed by atoms with Gasteiger partial charge in [-0.2, -0.15) is 0 Å². The first kappa shape index (κ1) is 16.0. The summed E-state index contributed by atoms with van der Waals surface area (Å²) in [5, 5.41) is 2.92. The van der Waals surface area contributed by atoms with Crippen LogP contribution in [-0.4, -0.2) is 36.9 Å². The fourth-order valence-electron chi connectivity index (χ4n) is 2.82. The molecule has 19 heavy (non-hydrogen) atoms. The van der Waals surface area contributed by atoms with Gasteiger partial charge in [-0.15, -0.1) is 0 Å². The van der Waals surface area contributed by atoms with Gasteiger partial charge >= 0.3 is 0 Å². The molecule has 0 aliphatic heterocycles. The van der Waals surface area contributed by atoms with Gasteiger partial charge in [-0.25, -0.2) is 0 Å². The molecule has 1 aliphatic carbocycles. The number of nitrogens with zero attached hydrogens (tertiary/aromatic N) is 1. The maximum Gasteiger partial charge on any atom is 0.228 e. The molecule has 1 rings (SSSR count). The third-order valence-electron chi connectivity index (χ3n) is 4.43. The second kappa shape index (κ2) is 7.51. The third kappa shape index (κ3) is 3.95. The maximum atomic E-state index is 12.2. The Morgan fingerprint density at radius 1 is 1.32 bits per heavy atom. The Bertz CT molecular complexity index is 297. The molecule has 0 unspecified atom stereocenters. The van der Waals surface area contributed by atoms with E-state index >= 15 is 0 Å². The Hall–Kier alpha value is -1.06. The van der Waals surface area contributed by atoms with Crippen molar-refractivity contribution in [1.82, 2.24) is 10.2 Å². The molecule has 0 aromatic rings. The molecule has 0 bridgehead atoms. The van der Waals surface area contributed by atoms with Crippen LogP contribution in [0.1, 0.15) is 52.9 Å². The molecule has 110 valence electrons. The summed E-state index contributed by atoms with van der Waals surface area (Å²) in [5.74, 6) is 0.661. The highest BCUT2D eigenvalue weighted by molar-refractivity contribution is 5.84. The molecule has 4 nitrogen and oxygen atoms in total. The number of nitrogens with one attached hydrogen (secondary N) is 1. The van der Waals surface area contributed by atoms with E-state index in [0.717, 1.165) is 45.1 Å². The minimum atomic E-state index is -0.317. The van der Waals surface area contributed by atoms with Gasteiger partial charge in [-0.3, -0.25) is 9.59 Å². The summed E-state index contributed by atoms with van der Waals surface area (Å²) in [7, 11) is 0. The number of carbonyl (C=O) groups is 2. The molecule has 0 atom stereocenters. The predicted molar refractivity (Wildman–Crippen MR) is 76.7 cm³/mol. The van der Waals surface area contributed by atoms with E-state index in [1.54, 1.807) is 0 Å². The van der Waals surface area contributed by atoms with Crippen LogP contribution in [0.5, 0.6) is 0 Å². The second-order valence-electron chi connectivity index (χ2n) is 5.71. The summed E-state index contributed by atoms with van der Waals surface area (Å²) in [4.78, 5) is 25.2.